The summed E-state index contributed by atoms with van der Waals surface area (Å²) >= 11 is 0. The van der Waals surface area contributed by atoms with Gasteiger partial charge in [-0.2, -0.15) is 0 Å². The summed E-state index contributed by atoms with van der Waals surface area (Å²) in [5, 5.41) is 0. The molecule has 150 valence electrons. The SMILES string of the molecule is Cc1ccc(C2C(C(=O)c3ccc(F)cc3)C(=O)C(=O)N2Cc2cccnc2)cc1. The monoisotopic (exact) mass is 402 g/mol. The highest BCUT2D eigenvalue weighted by atomic mass is 19.1. The van der Waals surface area contributed by atoms with Gasteiger partial charge in [0.05, 0.1) is 6.04 Å². The van der Waals surface area contributed by atoms with E-state index in [0.717, 1.165) is 11.1 Å². The first-order valence-corrected chi connectivity index (χ1v) is 9.56. The highest BCUT2D eigenvalue weighted by molar-refractivity contribution is 6.44. The van der Waals surface area contributed by atoms with Gasteiger partial charge in [0, 0.05) is 24.5 Å². The van der Waals surface area contributed by atoms with E-state index >= 15 is 0 Å². The maximum Gasteiger partial charge on any atom is 0.291 e. The minimum absolute atomic E-state index is 0.157. The van der Waals surface area contributed by atoms with E-state index in [4.69, 9.17) is 0 Å². The lowest BCUT2D eigenvalue weighted by atomic mass is 9.86. The van der Waals surface area contributed by atoms with Gasteiger partial charge < -0.3 is 4.90 Å². The fraction of sp³-hybridized carbons (Fsp3) is 0.167. The molecule has 0 aliphatic carbocycles. The van der Waals surface area contributed by atoms with Gasteiger partial charge in [-0.25, -0.2) is 4.39 Å². The van der Waals surface area contributed by atoms with E-state index in [2.05, 4.69) is 4.98 Å². The summed E-state index contributed by atoms with van der Waals surface area (Å²) in [6.45, 7) is 2.09. The lowest BCUT2D eigenvalue weighted by molar-refractivity contribution is -0.141. The van der Waals surface area contributed by atoms with E-state index < -0.39 is 35.3 Å². The summed E-state index contributed by atoms with van der Waals surface area (Å²) in [5.41, 5.74) is 2.67. The zero-order valence-corrected chi connectivity index (χ0v) is 16.3. The first-order valence-electron chi connectivity index (χ1n) is 9.56. The molecule has 2 heterocycles. The Morgan fingerprint density at radius 3 is 2.37 bits per heavy atom. The minimum Gasteiger partial charge on any atom is -0.323 e. The van der Waals surface area contributed by atoms with Crippen molar-refractivity contribution in [3.05, 3.63) is 101 Å². The molecule has 2 unspecified atom stereocenters. The van der Waals surface area contributed by atoms with Crippen molar-refractivity contribution in [1.82, 2.24) is 9.88 Å². The largest absolute Gasteiger partial charge is 0.323 e. The lowest BCUT2D eigenvalue weighted by Gasteiger charge is -2.27. The van der Waals surface area contributed by atoms with Gasteiger partial charge in [0.15, 0.2) is 5.78 Å². The third-order valence-electron chi connectivity index (χ3n) is 5.31. The van der Waals surface area contributed by atoms with Crippen LogP contribution in [0.3, 0.4) is 0 Å². The van der Waals surface area contributed by atoms with Gasteiger partial charge in [0.2, 0.25) is 5.78 Å². The Kier molecular flexibility index (Phi) is 5.23. The fourth-order valence-electron chi connectivity index (χ4n) is 3.77. The summed E-state index contributed by atoms with van der Waals surface area (Å²) in [4.78, 5) is 44.6. The maximum absolute atomic E-state index is 13.3. The number of aryl methyl sites for hydroxylation is 1. The topological polar surface area (TPSA) is 67.3 Å². The van der Waals surface area contributed by atoms with Crippen LogP contribution in [0, 0.1) is 18.7 Å². The van der Waals surface area contributed by atoms with Gasteiger partial charge in [0.25, 0.3) is 5.91 Å². The van der Waals surface area contributed by atoms with Gasteiger partial charge in [-0.3, -0.25) is 19.4 Å². The van der Waals surface area contributed by atoms with Crippen LogP contribution in [0.25, 0.3) is 0 Å². The summed E-state index contributed by atoms with van der Waals surface area (Å²) in [7, 11) is 0. The van der Waals surface area contributed by atoms with Crippen LogP contribution in [0.1, 0.15) is 33.1 Å². The predicted octanol–water partition coefficient (Wildman–Crippen LogP) is 3.68. The highest BCUT2D eigenvalue weighted by Gasteiger charge is 2.51. The Morgan fingerprint density at radius 1 is 1.03 bits per heavy atom. The molecule has 2 aromatic carbocycles. The van der Waals surface area contributed by atoms with E-state index in [1.165, 1.54) is 29.2 Å². The van der Waals surface area contributed by atoms with Gasteiger partial charge in [-0.15, -0.1) is 0 Å². The number of nitrogens with zero attached hydrogens (tertiary/aromatic N) is 2. The number of carbonyl (C=O) groups is 3. The second kappa shape index (κ2) is 7.99. The normalized spacial score (nSPS) is 18.7. The number of hydrogen-bond acceptors (Lipinski definition) is 4. The fourth-order valence-corrected chi connectivity index (χ4v) is 3.77. The Bertz CT molecular complexity index is 1100. The Morgan fingerprint density at radius 2 is 1.73 bits per heavy atom. The quantitative estimate of drug-likeness (QED) is 0.371. The highest BCUT2D eigenvalue weighted by Crippen LogP contribution is 2.39. The lowest BCUT2D eigenvalue weighted by Crippen LogP contribution is -2.30. The zero-order valence-electron chi connectivity index (χ0n) is 16.3. The van der Waals surface area contributed by atoms with Crippen LogP contribution < -0.4 is 0 Å². The van der Waals surface area contributed by atoms with Crippen LogP contribution in [0.15, 0.2) is 73.1 Å². The number of hydrogen-bond donors (Lipinski definition) is 0. The molecule has 1 aromatic heterocycles. The average molecular weight is 402 g/mol. The number of carbonyl (C=O) groups excluding carboxylic acids is 3. The van der Waals surface area contributed by atoms with Crippen LogP contribution in [-0.4, -0.2) is 27.4 Å². The van der Waals surface area contributed by atoms with Crippen molar-refractivity contribution in [1.29, 1.82) is 0 Å². The van der Waals surface area contributed by atoms with Crippen molar-refractivity contribution in [3.63, 3.8) is 0 Å². The van der Waals surface area contributed by atoms with E-state index in [9.17, 15) is 18.8 Å². The zero-order chi connectivity index (χ0) is 21.3. The molecule has 6 heteroatoms. The molecule has 1 fully saturated rings. The number of rotatable bonds is 5. The van der Waals surface area contributed by atoms with Crippen molar-refractivity contribution in [2.24, 2.45) is 5.92 Å². The third-order valence-corrected chi connectivity index (χ3v) is 5.31. The second-order valence-electron chi connectivity index (χ2n) is 7.36. The van der Waals surface area contributed by atoms with Gasteiger partial charge >= 0.3 is 0 Å². The molecule has 0 saturated carbocycles. The molecule has 5 nitrogen and oxygen atoms in total. The summed E-state index contributed by atoms with van der Waals surface area (Å²) in [6.07, 6.45) is 3.25. The summed E-state index contributed by atoms with van der Waals surface area (Å²) in [5.74, 6) is -3.62. The van der Waals surface area contributed by atoms with Gasteiger partial charge in [-0.05, 0) is 48.4 Å². The maximum atomic E-state index is 13.3. The molecule has 0 N–H and O–H groups in total. The smallest absolute Gasteiger partial charge is 0.291 e. The Hall–Kier alpha value is -3.67. The van der Waals surface area contributed by atoms with Gasteiger partial charge in [0.1, 0.15) is 11.7 Å². The number of benzene rings is 2. The molecule has 0 bridgehead atoms. The second-order valence-corrected chi connectivity index (χ2v) is 7.36. The molecule has 1 saturated heterocycles. The number of halogens is 1. The molecule has 0 spiro atoms. The van der Waals surface area contributed by atoms with E-state index in [0.29, 0.717) is 5.56 Å². The number of ketones is 2. The molecule has 0 radical (unpaired) electrons. The van der Waals surface area contributed by atoms with Crippen molar-refractivity contribution in [2.45, 2.75) is 19.5 Å². The first kappa shape index (κ1) is 19.6. The molecule has 30 heavy (non-hydrogen) atoms. The molecule has 1 amide bonds. The van der Waals surface area contributed by atoms with Crippen LogP contribution >= 0.6 is 0 Å². The number of Topliss-reactive ketones (excluding diaryl/α,β-unsaturated/α-hetero) is 2. The molecule has 1 aliphatic rings. The number of pyridine rings is 1. The first-order chi connectivity index (χ1) is 14.5. The third kappa shape index (κ3) is 3.64. The van der Waals surface area contributed by atoms with Crippen molar-refractivity contribution >= 4 is 17.5 Å². The average Bonchev–Trinajstić information content (AvgIpc) is 3.00. The molecular formula is C24H19FN2O3. The van der Waals surface area contributed by atoms with E-state index in [1.807, 2.05) is 37.3 Å². The standard InChI is InChI=1S/C24H19FN2O3/c1-15-4-6-17(7-5-15)21-20(22(28)18-8-10-19(25)11-9-18)23(29)24(30)27(21)14-16-3-2-12-26-13-16/h2-13,20-21H,14H2,1H3. The molecule has 1 aliphatic heterocycles. The van der Waals surface area contributed by atoms with E-state index in [1.54, 1.807) is 18.5 Å². The van der Waals surface area contributed by atoms with Crippen molar-refractivity contribution in [2.75, 3.05) is 0 Å². The van der Waals surface area contributed by atoms with Crippen LogP contribution in [0.4, 0.5) is 4.39 Å². The van der Waals surface area contributed by atoms with Gasteiger partial charge in [-0.1, -0.05) is 35.9 Å². The van der Waals surface area contributed by atoms with Crippen LogP contribution in [0.2, 0.25) is 0 Å². The van der Waals surface area contributed by atoms with Crippen molar-refractivity contribution < 1.29 is 18.8 Å². The van der Waals surface area contributed by atoms with Crippen LogP contribution in [0.5, 0.6) is 0 Å². The minimum atomic E-state index is -1.19. The van der Waals surface area contributed by atoms with Crippen molar-refractivity contribution in [3.8, 4) is 0 Å². The van der Waals surface area contributed by atoms with Crippen LogP contribution in [-0.2, 0) is 16.1 Å². The Balaban J connectivity index is 1.77. The van der Waals surface area contributed by atoms with E-state index in [-0.39, 0.29) is 12.1 Å². The summed E-state index contributed by atoms with van der Waals surface area (Å²) < 4.78 is 13.3. The Labute approximate surface area is 173 Å². The molecule has 2 atom stereocenters. The number of likely N-dealkylation sites (tertiary alicyclic amines) is 1. The summed E-state index contributed by atoms with van der Waals surface area (Å²) in [6, 6.07) is 15.2. The predicted molar refractivity (Wildman–Crippen MR) is 108 cm³/mol. The number of aromatic nitrogens is 1. The molecular weight excluding hydrogens is 383 g/mol. The molecule has 3 aromatic rings. The molecule has 4 rings (SSSR count). The number of amides is 1.